The minimum Gasteiger partial charge on any atom is -0.373 e. The van der Waals surface area contributed by atoms with Crippen molar-refractivity contribution in [2.75, 3.05) is 6.26 Å². The largest absolute Gasteiger partial charge is 0.373 e. The molecule has 0 heterocycles. The predicted octanol–water partition coefficient (Wildman–Crippen LogP) is 2.75. The van der Waals surface area contributed by atoms with Gasteiger partial charge in [-0.2, -0.15) is 0 Å². The van der Waals surface area contributed by atoms with Crippen LogP contribution in [-0.4, -0.2) is 6.26 Å². The molecule has 0 amide bonds. The van der Waals surface area contributed by atoms with Gasteiger partial charge in [0.1, 0.15) is 0 Å². The maximum absolute atomic E-state index is 6.75. The summed E-state index contributed by atoms with van der Waals surface area (Å²) in [6, 6.07) is 0. The summed E-state index contributed by atoms with van der Waals surface area (Å²) in [6.45, 7) is 0. The van der Waals surface area contributed by atoms with E-state index in [-0.39, 0.29) is 32.7 Å². The smallest absolute Gasteiger partial charge is 0.0275 e. The summed E-state index contributed by atoms with van der Waals surface area (Å²) in [5.74, 6) is 2.50. The van der Waals surface area contributed by atoms with E-state index in [9.17, 15) is 0 Å². The molecule has 0 saturated heterocycles. The van der Waals surface area contributed by atoms with Crippen LogP contribution in [0.2, 0.25) is 0 Å². The number of hydrogen-bond acceptors (Lipinski definition) is 1. The van der Waals surface area contributed by atoms with Crippen molar-refractivity contribution in [3.63, 3.8) is 0 Å². The van der Waals surface area contributed by atoms with E-state index in [4.69, 9.17) is 17.5 Å². The second kappa shape index (κ2) is 22.5. The first kappa shape index (κ1) is 17.2. The summed E-state index contributed by atoms with van der Waals surface area (Å²) in [5.41, 5.74) is 13.5. The van der Waals surface area contributed by atoms with Gasteiger partial charge in [0.2, 0.25) is 0 Å². The number of allylic oxidation sites excluding steroid dienone is 1. The van der Waals surface area contributed by atoms with Gasteiger partial charge >= 0.3 is 0 Å². The zero-order valence-electron chi connectivity index (χ0n) is 6.27. The van der Waals surface area contributed by atoms with E-state index >= 15 is 0 Å². The Labute approximate surface area is 96.3 Å². The van der Waals surface area contributed by atoms with Gasteiger partial charge in [0.15, 0.2) is 0 Å². The van der Waals surface area contributed by atoms with E-state index in [1.807, 2.05) is 17.7 Å². The second-order valence-corrected chi connectivity index (χ2v) is 1.85. The second-order valence-electron chi connectivity index (χ2n) is 1.11. The van der Waals surface area contributed by atoms with Gasteiger partial charge in [-0.1, -0.05) is 6.08 Å². The van der Waals surface area contributed by atoms with Gasteiger partial charge in [0.05, 0.1) is 0 Å². The molecule has 5 heteroatoms. The minimum absolute atomic E-state index is 0. The number of nitrogens with zero attached hydrogens (tertiary/aromatic N) is 3. The summed E-state index contributed by atoms with van der Waals surface area (Å²) in [7, 11) is 0. The van der Waals surface area contributed by atoms with E-state index in [1.165, 1.54) is 4.91 Å². The van der Waals surface area contributed by atoms with Crippen LogP contribution in [0.1, 0.15) is 6.42 Å². The zero-order valence-corrected chi connectivity index (χ0v) is 9.92. The Kier molecular flexibility index (Phi) is 35.2. The van der Waals surface area contributed by atoms with Crippen molar-refractivity contribution in [2.24, 2.45) is 0 Å². The molecule has 0 atom stereocenters. The molecule has 0 unspecified atom stereocenters. The monoisotopic (exact) mass is 243 g/mol. The van der Waals surface area contributed by atoms with Crippen molar-refractivity contribution in [2.45, 2.75) is 6.42 Å². The molecule has 3 nitrogen and oxygen atoms in total. The molecular formula is C6H8N3SY-. The molecule has 0 bridgehead atoms. The van der Waals surface area contributed by atoms with Crippen LogP contribution in [0.15, 0.2) is 11.5 Å². The first-order valence-electron chi connectivity index (χ1n) is 2.43. The molecule has 0 fully saturated rings. The average Bonchev–Trinajstić information content (AvgIpc) is 1.91. The molecule has 0 aliphatic carbocycles. The molecular weight excluding hydrogens is 235 g/mol. The van der Waals surface area contributed by atoms with Gasteiger partial charge in [-0.15, -0.1) is 24.1 Å². The molecule has 0 N–H and O–H groups in total. The first-order valence-corrected chi connectivity index (χ1v) is 3.72. The van der Waals surface area contributed by atoms with Gasteiger partial charge in [-0.3, -0.25) is 4.91 Å². The summed E-state index contributed by atoms with van der Waals surface area (Å²) in [5, 5.41) is 1.99. The van der Waals surface area contributed by atoms with Crippen molar-refractivity contribution in [3.8, 4) is 12.3 Å². The molecule has 0 aromatic rings. The van der Waals surface area contributed by atoms with Crippen molar-refractivity contribution >= 4 is 11.8 Å². The van der Waals surface area contributed by atoms with E-state index < -0.39 is 0 Å². The molecule has 0 spiro atoms. The standard InChI is InChI=1S/C6H8S.N3.Y/c1-3-4-5-6-7-2;1-3-2;/h1,5-6H,4H2,2H3;;/q;-1;/b6-5+;;. The van der Waals surface area contributed by atoms with Gasteiger partial charge in [0.25, 0.3) is 0 Å². The molecule has 0 aliphatic rings. The quantitative estimate of drug-likeness (QED) is 0.318. The van der Waals surface area contributed by atoms with Crippen molar-refractivity contribution in [1.29, 1.82) is 0 Å². The molecule has 0 aromatic carbocycles. The fourth-order valence-corrected chi connectivity index (χ4v) is 0.501. The van der Waals surface area contributed by atoms with Crippen LogP contribution in [0.3, 0.4) is 0 Å². The van der Waals surface area contributed by atoms with Gasteiger partial charge in [-0.05, 0) is 11.7 Å². The predicted molar refractivity (Wildman–Crippen MR) is 46.2 cm³/mol. The van der Waals surface area contributed by atoms with E-state index in [2.05, 4.69) is 5.92 Å². The first-order chi connectivity index (χ1) is 4.83. The van der Waals surface area contributed by atoms with E-state index in [1.54, 1.807) is 11.8 Å². The fourth-order valence-electron chi connectivity index (χ4n) is 0.212. The van der Waals surface area contributed by atoms with Crippen LogP contribution < -0.4 is 0 Å². The Balaban J connectivity index is -0.000000140. The molecule has 57 valence electrons. The Morgan fingerprint density at radius 2 is 2.09 bits per heavy atom. The third-order valence-corrected chi connectivity index (χ3v) is 0.933. The summed E-state index contributed by atoms with van der Waals surface area (Å²) >= 11 is 1.67. The third-order valence-electron chi connectivity index (χ3n) is 0.468. The fraction of sp³-hybridized carbons (Fsp3) is 0.333. The van der Waals surface area contributed by atoms with E-state index in [0.717, 1.165) is 6.42 Å². The summed E-state index contributed by atoms with van der Waals surface area (Å²) in [4.78, 5) is 1.50. The summed E-state index contributed by atoms with van der Waals surface area (Å²) < 4.78 is 0. The van der Waals surface area contributed by atoms with Crippen LogP contribution in [0, 0.1) is 12.3 Å². The average molecular weight is 243 g/mol. The van der Waals surface area contributed by atoms with Crippen LogP contribution in [0.25, 0.3) is 16.0 Å². The number of thioether (sulfide) groups is 1. The minimum atomic E-state index is 0. The van der Waals surface area contributed by atoms with Crippen molar-refractivity contribution in [1.82, 2.24) is 0 Å². The van der Waals surface area contributed by atoms with Crippen LogP contribution in [0.5, 0.6) is 0 Å². The van der Waals surface area contributed by atoms with Crippen LogP contribution in [0.4, 0.5) is 0 Å². The van der Waals surface area contributed by atoms with Gasteiger partial charge in [-0.25, -0.2) is 0 Å². The van der Waals surface area contributed by atoms with Gasteiger partial charge < -0.3 is 11.1 Å². The van der Waals surface area contributed by atoms with Crippen LogP contribution in [-0.2, 0) is 32.7 Å². The maximum Gasteiger partial charge on any atom is 0.0275 e. The van der Waals surface area contributed by atoms with E-state index in [0.29, 0.717) is 0 Å². The molecule has 0 rings (SSSR count). The molecule has 0 saturated carbocycles. The third kappa shape index (κ3) is 39.6. The van der Waals surface area contributed by atoms with Crippen LogP contribution >= 0.6 is 11.8 Å². The normalized spacial score (nSPS) is 6.55. The van der Waals surface area contributed by atoms with Crippen molar-refractivity contribution in [3.05, 3.63) is 27.5 Å². The number of rotatable bonds is 2. The maximum atomic E-state index is 6.75. The number of hydrogen-bond donors (Lipinski definition) is 0. The summed E-state index contributed by atoms with van der Waals surface area (Å²) in [6.07, 6.45) is 9.68. The Morgan fingerprint density at radius 1 is 1.64 bits per heavy atom. The molecule has 0 aliphatic heterocycles. The Hall–Kier alpha value is 0.0639. The van der Waals surface area contributed by atoms with Gasteiger partial charge in [0, 0.05) is 39.1 Å². The Morgan fingerprint density at radius 3 is 2.36 bits per heavy atom. The Bertz CT molecular complexity index is 156. The molecule has 11 heavy (non-hydrogen) atoms. The molecule has 1 radical (unpaired) electrons. The van der Waals surface area contributed by atoms with Crippen molar-refractivity contribution < 1.29 is 32.7 Å². The SMILES string of the molecule is C#CC/C=C/SC.[N-]=[N+]=[N-].[Y]. The topological polar surface area (TPSA) is 58.7 Å². The zero-order chi connectivity index (χ0) is 8.24. The molecule has 0 aromatic heterocycles. The number of terminal acetylenes is 1.